The summed E-state index contributed by atoms with van der Waals surface area (Å²) in [5.74, 6) is 2.07. The summed E-state index contributed by atoms with van der Waals surface area (Å²) >= 11 is 1.38. The normalized spacial score (nSPS) is 16.1. The first-order valence-corrected chi connectivity index (χ1v) is 11.2. The van der Waals surface area contributed by atoms with E-state index >= 15 is 0 Å². The molecule has 1 aliphatic heterocycles. The van der Waals surface area contributed by atoms with Crippen LogP contribution in [0.3, 0.4) is 0 Å². The van der Waals surface area contributed by atoms with Crippen molar-refractivity contribution >= 4 is 28.4 Å². The van der Waals surface area contributed by atoms with Gasteiger partial charge < -0.3 is 14.5 Å². The van der Waals surface area contributed by atoms with Crippen LogP contribution in [0.25, 0.3) is 10.9 Å². The maximum Gasteiger partial charge on any atom is 0.192 e. The second-order valence-corrected chi connectivity index (χ2v) is 8.78. The van der Waals surface area contributed by atoms with E-state index in [4.69, 9.17) is 9.47 Å². The molecule has 1 N–H and O–H groups in total. The Kier molecular flexibility index (Phi) is 5.45. The highest BCUT2D eigenvalue weighted by Gasteiger charge is 2.29. The van der Waals surface area contributed by atoms with E-state index in [1.54, 1.807) is 12.3 Å². The van der Waals surface area contributed by atoms with Crippen molar-refractivity contribution in [2.45, 2.75) is 30.0 Å². The smallest absolute Gasteiger partial charge is 0.192 e. The number of hydrogen-bond donors (Lipinski definition) is 1. The molecule has 8 heteroatoms. The Labute approximate surface area is 189 Å². The topological polar surface area (TPSA) is 82.0 Å². The second kappa shape index (κ2) is 8.55. The predicted molar refractivity (Wildman–Crippen MR) is 123 cm³/mol. The number of para-hydroxylation sites is 3. The van der Waals surface area contributed by atoms with Gasteiger partial charge in [-0.2, -0.15) is 0 Å². The molecule has 0 fully saturated rings. The molecule has 3 heterocycles. The number of fused-ring (bicyclic) bond motifs is 2. The lowest BCUT2D eigenvalue weighted by Crippen LogP contribution is -2.25. The van der Waals surface area contributed by atoms with Crippen LogP contribution in [-0.2, 0) is 6.54 Å². The number of aromatic amines is 1. The molecule has 2 aromatic carbocycles. The van der Waals surface area contributed by atoms with Gasteiger partial charge in [0.25, 0.3) is 0 Å². The van der Waals surface area contributed by atoms with Crippen molar-refractivity contribution in [2.75, 3.05) is 6.61 Å². The number of ketones is 1. The van der Waals surface area contributed by atoms with Crippen LogP contribution in [0.2, 0.25) is 0 Å². The molecule has 0 bridgehead atoms. The lowest BCUT2D eigenvalue weighted by molar-refractivity contribution is 0.0821. The molecule has 2 aromatic heterocycles. The standard InChI is InChI=1S/C24H22N4O3S/c1-3-12-28-23(21-14-30-19-10-6-7-11-20(19)31-21)26-27-24(28)32-15(2)22(29)17-13-25-18-9-5-4-8-16(17)18/h3-11,13,15,21,25H,1,12,14H2,2H3/t15-,21+/m0/s1. The van der Waals surface area contributed by atoms with E-state index in [2.05, 4.69) is 21.8 Å². The third kappa shape index (κ3) is 3.67. The summed E-state index contributed by atoms with van der Waals surface area (Å²) in [6, 6.07) is 15.3. The maximum absolute atomic E-state index is 13.2. The number of aromatic nitrogens is 4. The minimum absolute atomic E-state index is 0.0355. The average molecular weight is 447 g/mol. The van der Waals surface area contributed by atoms with E-state index in [9.17, 15) is 4.79 Å². The molecule has 0 unspecified atom stereocenters. The molecule has 0 spiro atoms. The van der Waals surface area contributed by atoms with Gasteiger partial charge in [-0.1, -0.05) is 48.2 Å². The van der Waals surface area contributed by atoms with Gasteiger partial charge in [0.2, 0.25) is 0 Å². The van der Waals surface area contributed by atoms with Gasteiger partial charge in [0.1, 0.15) is 6.61 Å². The summed E-state index contributed by atoms with van der Waals surface area (Å²) in [7, 11) is 0. The molecule has 0 amide bonds. The van der Waals surface area contributed by atoms with Crippen LogP contribution in [0.5, 0.6) is 11.5 Å². The van der Waals surface area contributed by atoms with Gasteiger partial charge >= 0.3 is 0 Å². The van der Waals surface area contributed by atoms with Crippen LogP contribution in [0.15, 0.2) is 72.5 Å². The van der Waals surface area contributed by atoms with Crippen LogP contribution >= 0.6 is 11.8 Å². The number of nitrogens with one attached hydrogen (secondary N) is 1. The molecule has 2 atom stereocenters. The number of carbonyl (C=O) groups is 1. The third-order valence-electron chi connectivity index (χ3n) is 5.36. The fraction of sp³-hybridized carbons (Fsp3) is 0.208. The Morgan fingerprint density at radius 1 is 1.25 bits per heavy atom. The van der Waals surface area contributed by atoms with Crippen molar-refractivity contribution < 1.29 is 14.3 Å². The molecule has 4 aromatic rings. The Morgan fingerprint density at radius 2 is 2.03 bits per heavy atom. The molecular formula is C24H22N4O3S. The number of hydrogen-bond acceptors (Lipinski definition) is 6. The third-order valence-corrected chi connectivity index (χ3v) is 6.44. The fourth-order valence-corrected chi connectivity index (χ4v) is 4.71. The molecule has 0 aliphatic carbocycles. The number of allylic oxidation sites excluding steroid dienone is 1. The minimum atomic E-state index is -0.397. The number of Topliss-reactive ketones (excluding diaryl/α,β-unsaturated/α-hetero) is 1. The Hall–Kier alpha value is -3.52. The van der Waals surface area contributed by atoms with Gasteiger partial charge in [-0.3, -0.25) is 9.36 Å². The number of carbonyl (C=O) groups excluding carboxylic acids is 1. The number of rotatable bonds is 7. The van der Waals surface area contributed by atoms with Crippen molar-refractivity contribution in [1.82, 2.24) is 19.7 Å². The van der Waals surface area contributed by atoms with E-state index in [1.807, 2.05) is 60.0 Å². The Morgan fingerprint density at radius 3 is 2.88 bits per heavy atom. The Balaban J connectivity index is 1.39. The molecule has 0 saturated heterocycles. The maximum atomic E-state index is 13.2. The lowest BCUT2D eigenvalue weighted by Gasteiger charge is -2.26. The quantitative estimate of drug-likeness (QED) is 0.249. The summed E-state index contributed by atoms with van der Waals surface area (Å²) in [5, 5.41) is 9.96. The van der Waals surface area contributed by atoms with Crippen molar-refractivity contribution in [1.29, 1.82) is 0 Å². The highest BCUT2D eigenvalue weighted by Crippen LogP contribution is 2.36. The zero-order valence-electron chi connectivity index (χ0n) is 17.5. The summed E-state index contributed by atoms with van der Waals surface area (Å²) < 4.78 is 13.9. The minimum Gasteiger partial charge on any atom is -0.485 e. The zero-order valence-corrected chi connectivity index (χ0v) is 18.3. The van der Waals surface area contributed by atoms with Gasteiger partial charge in [0.15, 0.2) is 34.4 Å². The van der Waals surface area contributed by atoms with Crippen molar-refractivity contribution in [3.63, 3.8) is 0 Å². The van der Waals surface area contributed by atoms with Crippen LogP contribution in [0.4, 0.5) is 0 Å². The molecule has 0 radical (unpaired) electrons. The first kappa shape index (κ1) is 20.4. The van der Waals surface area contributed by atoms with Gasteiger partial charge in [-0.05, 0) is 25.1 Å². The molecule has 7 nitrogen and oxygen atoms in total. The largest absolute Gasteiger partial charge is 0.485 e. The van der Waals surface area contributed by atoms with Crippen LogP contribution in [0.1, 0.15) is 29.2 Å². The molecule has 1 aliphatic rings. The van der Waals surface area contributed by atoms with Gasteiger partial charge in [0.05, 0.1) is 5.25 Å². The monoisotopic (exact) mass is 446 g/mol. The van der Waals surface area contributed by atoms with Crippen molar-refractivity contribution in [3.05, 3.63) is 78.8 Å². The lowest BCUT2D eigenvalue weighted by atomic mass is 10.1. The number of ether oxygens (including phenoxy) is 2. The van der Waals surface area contributed by atoms with Crippen LogP contribution < -0.4 is 9.47 Å². The first-order chi connectivity index (χ1) is 15.7. The van der Waals surface area contributed by atoms with E-state index in [0.717, 1.165) is 10.9 Å². The van der Waals surface area contributed by atoms with E-state index in [0.29, 0.717) is 41.2 Å². The van der Waals surface area contributed by atoms with E-state index in [-0.39, 0.29) is 11.0 Å². The van der Waals surface area contributed by atoms with Crippen molar-refractivity contribution in [3.8, 4) is 11.5 Å². The molecule has 0 saturated carbocycles. The molecule has 5 rings (SSSR count). The van der Waals surface area contributed by atoms with Gasteiger partial charge in [-0.15, -0.1) is 16.8 Å². The van der Waals surface area contributed by atoms with Crippen LogP contribution in [-0.4, -0.2) is 37.4 Å². The first-order valence-electron chi connectivity index (χ1n) is 10.3. The molecular weight excluding hydrogens is 424 g/mol. The number of thioether (sulfide) groups is 1. The van der Waals surface area contributed by atoms with Crippen molar-refractivity contribution in [2.24, 2.45) is 0 Å². The zero-order chi connectivity index (χ0) is 22.1. The fourth-order valence-electron chi connectivity index (χ4n) is 3.78. The summed E-state index contributed by atoms with van der Waals surface area (Å²) in [5.41, 5.74) is 1.62. The summed E-state index contributed by atoms with van der Waals surface area (Å²) in [4.78, 5) is 16.3. The van der Waals surface area contributed by atoms with Crippen LogP contribution in [0, 0.1) is 0 Å². The molecule has 32 heavy (non-hydrogen) atoms. The highest BCUT2D eigenvalue weighted by atomic mass is 32.2. The van der Waals surface area contributed by atoms with Gasteiger partial charge in [0, 0.05) is 29.2 Å². The number of benzene rings is 2. The number of H-pyrrole nitrogens is 1. The summed E-state index contributed by atoms with van der Waals surface area (Å²) in [6.45, 7) is 6.58. The highest BCUT2D eigenvalue weighted by molar-refractivity contribution is 8.00. The Bertz CT molecular complexity index is 1300. The van der Waals surface area contributed by atoms with E-state index < -0.39 is 6.10 Å². The van der Waals surface area contributed by atoms with Gasteiger partial charge in [-0.25, -0.2) is 0 Å². The SMILES string of the molecule is C=CCn1c(S[C@@H](C)C(=O)c2c[nH]c3ccccc23)nnc1[C@H]1COc2ccccc2O1. The summed E-state index contributed by atoms with van der Waals surface area (Å²) in [6.07, 6.45) is 3.15. The second-order valence-electron chi connectivity index (χ2n) is 7.48. The van der Waals surface area contributed by atoms with E-state index in [1.165, 1.54) is 11.8 Å². The average Bonchev–Trinajstić information content (AvgIpc) is 3.43. The predicted octanol–water partition coefficient (Wildman–Crippen LogP) is 4.82. The number of nitrogens with zero attached hydrogens (tertiary/aromatic N) is 3. The molecule has 162 valence electrons.